The second-order valence-electron chi connectivity index (χ2n) is 5.42. The number of hydrogen-bond donors (Lipinski definition) is 1. The molecule has 2 aromatic heterocycles. The lowest BCUT2D eigenvalue weighted by Crippen LogP contribution is -2.29. The maximum atomic E-state index is 12.4. The molecule has 5 nitrogen and oxygen atoms in total. The summed E-state index contributed by atoms with van der Waals surface area (Å²) in [5.41, 5.74) is 4.26. The number of carbonyl (C=O) groups excluding carboxylic acids is 1. The normalized spacial score (nSPS) is 12.4. The zero-order valence-electron chi connectivity index (χ0n) is 12.1. The number of aromatic amines is 1. The van der Waals surface area contributed by atoms with Gasteiger partial charge in [-0.3, -0.25) is 9.59 Å². The van der Waals surface area contributed by atoms with Crippen molar-refractivity contribution in [2.45, 2.75) is 19.9 Å². The molecule has 1 aliphatic heterocycles. The molecule has 0 atom stereocenters. The van der Waals surface area contributed by atoms with E-state index >= 15 is 0 Å². The summed E-state index contributed by atoms with van der Waals surface area (Å²) >= 11 is 0. The number of ketones is 1. The third-order valence-electron chi connectivity index (χ3n) is 4.21. The first-order valence-corrected chi connectivity index (χ1v) is 7.01. The number of para-hydroxylation sites is 1. The number of benzene rings is 1. The minimum atomic E-state index is -0.190. The predicted octanol–water partition coefficient (Wildman–Crippen LogP) is 1.93. The van der Waals surface area contributed by atoms with Crippen LogP contribution in [0.25, 0.3) is 22.3 Å². The average molecular weight is 296 g/mol. The van der Waals surface area contributed by atoms with Crippen LogP contribution in [0.2, 0.25) is 0 Å². The maximum absolute atomic E-state index is 12.4. The minimum absolute atomic E-state index is 0. The van der Waals surface area contributed by atoms with Gasteiger partial charge in [0.15, 0.2) is 5.78 Å². The van der Waals surface area contributed by atoms with Gasteiger partial charge in [-0.1, -0.05) is 18.2 Å². The van der Waals surface area contributed by atoms with E-state index in [1.165, 1.54) is 17.9 Å². The van der Waals surface area contributed by atoms with Gasteiger partial charge in [0.05, 0.1) is 17.0 Å². The van der Waals surface area contributed by atoms with Crippen molar-refractivity contribution in [2.24, 2.45) is 0 Å². The maximum Gasteiger partial charge on any atom is 0.261 e. The summed E-state index contributed by atoms with van der Waals surface area (Å²) in [5.74, 6) is -0.183. The number of H-pyrrole nitrogens is 1. The number of carbonyl (C=O) groups is 1. The molecule has 0 unspecified atom stereocenters. The number of nitrogens with one attached hydrogen (secondary N) is 1. The standard InChI is InChI=1S/C17H14N2O2.H2O/c1-10(20)11-6-7-15-16-13(8-9-19(15)17(11)21)12-4-2-3-5-14(12)18-16;/h2-7,18H,8-9H2,1H3;1H2. The monoisotopic (exact) mass is 296 g/mol. The fraction of sp³-hybridized carbons (Fsp3) is 0.176. The van der Waals surface area contributed by atoms with E-state index in [1.807, 2.05) is 24.3 Å². The third kappa shape index (κ3) is 1.83. The van der Waals surface area contributed by atoms with Crippen LogP contribution in [0.15, 0.2) is 41.2 Å². The summed E-state index contributed by atoms with van der Waals surface area (Å²) in [6, 6.07) is 11.7. The lowest BCUT2D eigenvalue weighted by atomic mass is 10.0. The molecule has 0 fully saturated rings. The molecule has 0 bridgehead atoms. The van der Waals surface area contributed by atoms with E-state index in [1.54, 1.807) is 10.6 Å². The average Bonchev–Trinajstić information content (AvgIpc) is 2.86. The lowest BCUT2D eigenvalue weighted by Gasteiger charge is -2.19. The summed E-state index contributed by atoms with van der Waals surface area (Å²) in [6.45, 7) is 2.05. The Kier molecular flexibility index (Phi) is 3.22. The van der Waals surface area contributed by atoms with Gasteiger partial charge in [0, 0.05) is 17.4 Å². The Balaban J connectivity index is 0.00000144. The number of rotatable bonds is 1. The quantitative estimate of drug-likeness (QED) is 0.696. The van der Waals surface area contributed by atoms with E-state index in [0.717, 1.165) is 23.3 Å². The number of pyridine rings is 1. The SMILES string of the molecule is CC(=O)c1ccc2n(c1=O)CCc1c-2[nH]c2ccccc12.O. The first-order valence-electron chi connectivity index (χ1n) is 7.01. The molecule has 1 aliphatic rings. The number of hydrogen-bond acceptors (Lipinski definition) is 2. The van der Waals surface area contributed by atoms with Crippen LogP contribution < -0.4 is 5.56 Å². The molecular formula is C17H16N2O3. The van der Waals surface area contributed by atoms with Gasteiger partial charge < -0.3 is 15.0 Å². The molecule has 0 spiro atoms. The van der Waals surface area contributed by atoms with Gasteiger partial charge in [0.2, 0.25) is 0 Å². The highest BCUT2D eigenvalue weighted by atomic mass is 16.1. The molecule has 3 heterocycles. The van der Waals surface area contributed by atoms with Crippen molar-refractivity contribution >= 4 is 16.7 Å². The summed E-state index contributed by atoms with van der Waals surface area (Å²) in [6.07, 6.45) is 0.799. The Morgan fingerprint density at radius 3 is 2.73 bits per heavy atom. The fourth-order valence-corrected chi connectivity index (χ4v) is 3.19. The molecule has 0 aliphatic carbocycles. The van der Waals surface area contributed by atoms with Crippen LogP contribution in [-0.2, 0) is 13.0 Å². The Hall–Kier alpha value is -2.66. The highest BCUT2D eigenvalue weighted by molar-refractivity contribution is 5.95. The van der Waals surface area contributed by atoms with Crippen LogP contribution in [0, 0.1) is 0 Å². The van der Waals surface area contributed by atoms with E-state index in [0.29, 0.717) is 6.54 Å². The number of aromatic nitrogens is 2. The number of Topliss-reactive ketones (excluding diaryl/α,β-unsaturated/α-hetero) is 1. The van der Waals surface area contributed by atoms with Crippen LogP contribution in [0.4, 0.5) is 0 Å². The van der Waals surface area contributed by atoms with Gasteiger partial charge in [-0.05, 0) is 37.1 Å². The van der Waals surface area contributed by atoms with Crippen LogP contribution in [0.5, 0.6) is 0 Å². The Morgan fingerprint density at radius 1 is 1.18 bits per heavy atom. The Morgan fingerprint density at radius 2 is 1.95 bits per heavy atom. The highest BCUT2D eigenvalue weighted by Crippen LogP contribution is 2.33. The van der Waals surface area contributed by atoms with Gasteiger partial charge >= 0.3 is 0 Å². The summed E-state index contributed by atoms with van der Waals surface area (Å²) in [5, 5.41) is 1.21. The Bertz CT molecular complexity index is 950. The third-order valence-corrected chi connectivity index (χ3v) is 4.21. The highest BCUT2D eigenvalue weighted by Gasteiger charge is 2.22. The first kappa shape index (κ1) is 14.3. The molecular weight excluding hydrogens is 280 g/mol. The topological polar surface area (TPSA) is 86.4 Å². The van der Waals surface area contributed by atoms with Crippen molar-refractivity contribution < 1.29 is 10.3 Å². The van der Waals surface area contributed by atoms with Crippen molar-refractivity contribution in [1.29, 1.82) is 0 Å². The van der Waals surface area contributed by atoms with Gasteiger partial charge in [-0.15, -0.1) is 0 Å². The second-order valence-corrected chi connectivity index (χ2v) is 5.42. The molecule has 5 heteroatoms. The molecule has 3 N–H and O–H groups in total. The fourth-order valence-electron chi connectivity index (χ4n) is 3.19. The number of aryl methyl sites for hydroxylation is 1. The minimum Gasteiger partial charge on any atom is -0.412 e. The van der Waals surface area contributed by atoms with Gasteiger partial charge in [-0.2, -0.15) is 0 Å². The molecule has 0 amide bonds. The van der Waals surface area contributed by atoms with E-state index in [-0.39, 0.29) is 22.4 Å². The van der Waals surface area contributed by atoms with Crippen molar-refractivity contribution in [3.63, 3.8) is 0 Å². The van der Waals surface area contributed by atoms with E-state index < -0.39 is 0 Å². The lowest BCUT2D eigenvalue weighted by molar-refractivity contribution is 0.101. The van der Waals surface area contributed by atoms with Crippen molar-refractivity contribution in [3.05, 3.63) is 57.9 Å². The number of fused-ring (bicyclic) bond motifs is 5. The molecule has 4 rings (SSSR count). The summed E-state index contributed by atoms with van der Waals surface area (Å²) < 4.78 is 1.70. The van der Waals surface area contributed by atoms with Gasteiger partial charge in [0.1, 0.15) is 0 Å². The molecule has 3 aromatic rings. The zero-order valence-corrected chi connectivity index (χ0v) is 12.1. The number of nitrogens with zero attached hydrogens (tertiary/aromatic N) is 1. The molecule has 0 saturated carbocycles. The van der Waals surface area contributed by atoms with E-state index in [9.17, 15) is 9.59 Å². The van der Waals surface area contributed by atoms with Gasteiger partial charge in [-0.25, -0.2) is 0 Å². The van der Waals surface area contributed by atoms with E-state index in [4.69, 9.17) is 0 Å². The van der Waals surface area contributed by atoms with Crippen LogP contribution in [0.3, 0.4) is 0 Å². The van der Waals surface area contributed by atoms with Crippen molar-refractivity contribution in [2.75, 3.05) is 0 Å². The van der Waals surface area contributed by atoms with E-state index in [2.05, 4.69) is 11.1 Å². The van der Waals surface area contributed by atoms with Crippen molar-refractivity contribution in [1.82, 2.24) is 9.55 Å². The smallest absolute Gasteiger partial charge is 0.261 e. The Labute approximate surface area is 126 Å². The van der Waals surface area contributed by atoms with Gasteiger partial charge in [0.25, 0.3) is 5.56 Å². The molecule has 112 valence electrons. The zero-order chi connectivity index (χ0) is 14.6. The summed E-state index contributed by atoms with van der Waals surface area (Å²) in [7, 11) is 0. The summed E-state index contributed by atoms with van der Waals surface area (Å²) in [4.78, 5) is 27.3. The first-order chi connectivity index (χ1) is 10.2. The van der Waals surface area contributed by atoms with Crippen molar-refractivity contribution in [3.8, 4) is 11.4 Å². The molecule has 0 saturated heterocycles. The van der Waals surface area contributed by atoms with Crippen LogP contribution >= 0.6 is 0 Å². The predicted molar refractivity (Wildman–Crippen MR) is 85.3 cm³/mol. The molecule has 22 heavy (non-hydrogen) atoms. The molecule has 0 radical (unpaired) electrons. The van der Waals surface area contributed by atoms with Crippen LogP contribution in [-0.4, -0.2) is 20.8 Å². The molecule has 1 aromatic carbocycles. The largest absolute Gasteiger partial charge is 0.412 e. The van der Waals surface area contributed by atoms with Crippen LogP contribution in [0.1, 0.15) is 22.8 Å². The second kappa shape index (κ2) is 4.96.